The molecule has 0 aromatic heterocycles. The number of rotatable bonds is 2. The maximum atomic E-state index is 13.1. The maximum absolute atomic E-state index is 13.1. The van der Waals surface area contributed by atoms with E-state index in [1.807, 2.05) is 0 Å². The van der Waals surface area contributed by atoms with Gasteiger partial charge in [0.25, 0.3) is 5.91 Å². The van der Waals surface area contributed by atoms with Crippen LogP contribution in [0.15, 0.2) is 45.3 Å². The molecular formula is C13H9Br2FN2O. The van der Waals surface area contributed by atoms with Crippen LogP contribution in [-0.4, -0.2) is 5.91 Å². The Balaban J connectivity index is 2.29. The average molecular weight is 388 g/mol. The quantitative estimate of drug-likeness (QED) is 0.759. The van der Waals surface area contributed by atoms with E-state index in [1.54, 1.807) is 12.1 Å². The monoisotopic (exact) mass is 386 g/mol. The minimum absolute atomic E-state index is 0.231. The molecule has 0 aliphatic rings. The van der Waals surface area contributed by atoms with Gasteiger partial charge in [0.05, 0.1) is 11.4 Å². The lowest BCUT2D eigenvalue weighted by Gasteiger charge is -2.11. The predicted octanol–water partition coefficient (Wildman–Crippen LogP) is 4.19. The Kier molecular flexibility index (Phi) is 4.21. The summed E-state index contributed by atoms with van der Waals surface area (Å²) in [5.74, 6) is -0.885. The van der Waals surface area contributed by atoms with Crippen LogP contribution in [0.2, 0.25) is 0 Å². The number of hydrogen-bond acceptors (Lipinski definition) is 2. The van der Waals surface area contributed by atoms with Crippen LogP contribution in [-0.2, 0) is 0 Å². The van der Waals surface area contributed by atoms with Gasteiger partial charge in [-0.1, -0.05) is 22.0 Å². The number of anilines is 2. The number of benzene rings is 2. The molecule has 2 aromatic rings. The smallest absolute Gasteiger partial charge is 0.255 e. The Bertz CT molecular complexity index is 623. The second-order valence-electron chi connectivity index (χ2n) is 3.82. The first-order chi connectivity index (χ1) is 8.97. The van der Waals surface area contributed by atoms with Gasteiger partial charge in [0.1, 0.15) is 5.82 Å². The molecule has 19 heavy (non-hydrogen) atoms. The van der Waals surface area contributed by atoms with Crippen LogP contribution in [0.25, 0.3) is 0 Å². The molecule has 6 heteroatoms. The van der Waals surface area contributed by atoms with E-state index in [4.69, 9.17) is 5.73 Å². The van der Waals surface area contributed by atoms with E-state index in [2.05, 4.69) is 37.2 Å². The number of nitrogens with two attached hydrogens (primary N) is 1. The van der Waals surface area contributed by atoms with E-state index in [0.717, 1.165) is 10.5 Å². The lowest BCUT2D eigenvalue weighted by Crippen LogP contribution is -2.13. The van der Waals surface area contributed by atoms with Crippen LogP contribution in [0.3, 0.4) is 0 Å². The SMILES string of the molecule is Nc1cc(Br)cc(Br)c1NC(=O)c1cccc(F)c1. The summed E-state index contributed by atoms with van der Waals surface area (Å²) in [4.78, 5) is 12.0. The van der Waals surface area contributed by atoms with Crippen molar-refractivity contribution in [3.05, 3.63) is 56.7 Å². The molecule has 98 valence electrons. The summed E-state index contributed by atoms with van der Waals surface area (Å²) in [6, 6.07) is 8.88. The highest BCUT2D eigenvalue weighted by Crippen LogP contribution is 2.32. The van der Waals surface area contributed by atoms with E-state index in [9.17, 15) is 9.18 Å². The first-order valence-corrected chi connectivity index (χ1v) is 6.87. The van der Waals surface area contributed by atoms with Crippen molar-refractivity contribution in [2.45, 2.75) is 0 Å². The number of nitrogens with one attached hydrogen (secondary N) is 1. The summed E-state index contributed by atoms with van der Waals surface area (Å²) in [6.45, 7) is 0. The van der Waals surface area contributed by atoms with Gasteiger partial charge in [0.15, 0.2) is 0 Å². The number of carbonyl (C=O) groups is 1. The predicted molar refractivity (Wildman–Crippen MR) is 80.6 cm³/mol. The fourth-order valence-corrected chi connectivity index (χ4v) is 2.90. The van der Waals surface area contributed by atoms with Crippen LogP contribution >= 0.6 is 31.9 Å². The van der Waals surface area contributed by atoms with Gasteiger partial charge in [0, 0.05) is 14.5 Å². The van der Waals surface area contributed by atoms with E-state index in [-0.39, 0.29) is 5.56 Å². The van der Waals surface area contributed by atoms with Crippen molar-refractivity contribution in [1.82, 2.24) is 0 Å². The van der Waals surface area contributed by atoms with Gasteiger partial charge < -0.3 is 11.1 Å². The van der Waals surface area contributed by atoms with Crippen molar-refractivity contribution < 1.29 is 9.18 Å². The highest BCUT2D eigenvalue weighted by molar-refractivity contribution is 9.11. The molecule has 0 fully saturated rings. The summed E-state index contributed by atoms with van der Waals surface area (Å²) < 4.78 is 14.5. The van der Waals surface area contributed by atoms with E-state index in [1.165, 1.54) is 18.2 Å². The zero-order chi connectivity index (χ0) is 14.0. The number of amides is 1. The third-order valence-corrected chi connectivity index (χ3v) is 3.49. The van der Waals surface area contributed by atoms with E-state index < -0.39 is 11.7 Å². The molecule has 0 radical (unpaired) electrons. The normalized spacial score (nSPS) is 10.3. The number of halogens is 3. The standard InChI is InChI=1S/C13H9Br2FN2O/c14-8-5-10(15)12(11(17)6-8)18-13(19)7-2-1-3-9(16)4-7/h1-6H,17H2,(H,18,19). The van der Waals surface area contributed by atoms with Gasteiger partial charge in [-0.2, -0.15) is 0 Å². The van der Waals surface area contributed by atoms with Gasteiger partial charge in [0.2, 0.25) is 0 Å². The van der Waals surface area contributed by atoms with Crippen LogP contribution < -0.4 is 11.1 Å². The van der Waals surface area contributed by atoms with Crippen molar-refractivity contribution in [2.75, 3.05) is 11.1 Å². The zero-order valence-electron chi connectivity index (χ0n) is 9.58. The Morgan fingerprint density at radius 3 is 2.58 bits per heavy atom. The molecule has 0 aliphatic heterocycles. The fourth-order valence-electron chi connectivity index (χ4n) is 1.54. The molecule has 2 aromatic carbocycles. The number of hydrogen-bond donors (Lipinski definition) is 2. The van der Waals surface area contributed by atoms with E-state index >= 15 is 0 Å². The van der Waals surface area contributed by atoms with Crippen LogP contribution in [0.4, 0.5) is 15.8 Å². The molecular weight excluding hydrogens is 379 g/mol. The van der Waals surface area contributed by atoms with Gasteiger partial charge in [-0.3, -0.25) is 4.79 Å². The third-order valence-electron chi connectivity index (χ3n) is 2.41. The minimum Gasteiger partial charge on any atom is -0.397 e. The Morgan fingerprint density at radius 1 is 1.21 bits per heavy atom. The molecule has 3 nitrogen and oxygen atoms in total. The zero-order valence-corrected chi connectivity index (χ0v) is 12.8. The van der Waals surface area contributed by atoms with Crippen LogP contribution in [0.1, 0.15) is 10.4 Å². The topological polar surface area (TPSA) is 55.1 Å². The van der Waals surface area contributed by atoms with Crippen molar-refractivity contribution in [1.29, 1.82) is 0 Å². The summed E-state index contributed by atoms with van der Waals surface area (Å²) in [5, 5.41) is 2.65. The highest BCUT2D eigenvalue weighted by atomic mass is 79.9. The van der Waals surface area contributed by atoms with E-state index in [0.29, 0.717) is 15.8 Å². The summed E-state index contributed by atoms with van der Waals surface area (Å²) >= 11 is 6.61. The van der Waals surface area contributed by atoms with Gasteiger partial charge in [-0.05, 0) is 46.3 Å². The minimum atomic E-state index is -0.463. The first-order valence-electron chi connectivity index (χ1n) is 5.29. The van der Waals surface area contributed by atoms with Crippen molar-refractivity contribution >= 4 is 49.1 Å². The van der Waals surface area contributed by atoms with Crippen LogP contribution in [0, 0.1) is 5.82 Å². The summed E-state index contributed by atoms with van der Waals surface area (Å²) in [5.41, 5.74) is 6.92. The van der Waals surface area contributed by atoms with Gasteiger partial charge >= 0.3 is 0 Å². The lowest BCUT2D eigenvalue weighted by molar-refractivity contribution is 0.102. The molecule has 0 atom stereocenters. The Morgan fingerprint density at radius 2 is 1.95 bits per heavy atom. The molecule has 0 saturated carbocycles. The summed E-state index contributed by atoms with van der Waals surface area (Å²) in [6.07, 6.45) is 0. The highest BCUT2D eigenvalue weighted by Gasteiger charge is 2.12. The maximum Gasteiger partial charge on any atom is 0.255 e. The van der Waals surface area contributed by atoms with Gasteiger partial charge in [-0.25, -0.2) is 4.39 Å². The third kappa shape index (κ3) is 3.33. The first kappa shape index (κ1) is 14.0. The average Bonchev–Trinajstić information content (AvgIpc) is 2.33. The second-order valence-corrected chi connectivity index (χ2v) is 5.59. The molecule has 0 aliphatic carbocycles. The molecule has 0 saturated heterocycles. The molecule has 1 amide bonds. The molecule has 2 rings (SSSR count). The van der Waals surface area contributed by atoms with Crippen molar-refractivity contribution in [3.8, 4) is 0 Å². The fraction of sp³-hybridized carbons (Fsp3) is 0. The second kappa shape index (κ2) is 5.71. The Hall–Kier alpha value is -1.40. The van der Waals surface area contributed by atoms with Gasteiger partial charge in [-0.15, -0.1) is 0 Å². The molecule has 0 bridgehead atoms. The van der Waals surface area contributed by atoms with Crippen molar-refractivity contribution in [2.24, 2.45) is 0 Å². The lowest BCUT2D eigenvalue weighted by atomic mass is 10.2. The Labute approximate surface area is 126 Å². The molecule has 0 unspecified atom stereocenters. The molecule has 0 spiro atoms. The van der Waals surface area contributed by atoms with Crippen molar-refractivity contribution in [3.63, 3.8) is 0 Å². The molecule has 0 heterocycles. The molecule has 3 N–H and O–H groups in total. The summed E-state index contributed by atoms with van der Waals surface area (Å²) in [7, 11) is 0. The number of nitrogen functional groups attached to an aromatic ring is 1. The van der Waals surface area contributed by atoms with Crippen LogP contribution in [0.5, 0.6) is 0 Å². The largest absolute Gasteiger partial charge is 0.397 e. The number of carbonyl (C=O) groups excluding carboxylic acids is 1.